The summed E-state index contributed by atoms with van der Waals surface area (Å²) in [6.07, 6.45) is 3.40. The van der Waals surface area contributed by atoms with Crippen molar-refractivity contribution in [3.63, 3.8) is 0 Å². The van der Waals surface area contributed by atoms with Gasteiger partial charge in [-0.25, -0.2) is 4.79 Å². The van der Waals surface area contributed by atoms with Crippen molar-refractivity contribution in [1.82, 2.24) is 4.90 Å². The van der Waals surface area contributed by atoms with Crippen molar-refractivity contribution in [1.29, 1.82) is 0 Å². The second-order valence-corrected chi connectivity index (χ2v) is 4.21. The number of rotatable bonds is 5. The minimum Gasteiger partial charge on any atom is -0.317 e. The first-order valence-corrected chi connectivity index (χ1v) is 5.93. The summed E-state index contributed by atoms with van der Waals surface area (Å²) in [7, 11) is 0. The fraction of sp³-hybridized carbons (Fsp3) is 0.267. The first-order valence-electron chi connectivity index (χ1n) is 5.93. The smallest absolute Gasteiger partial charge is 0.317 e. The third kappa shape index (κ3) is 3.77. The van der Waals surface area contributed by atoms with Crippen LogP contribution in [0.4, 0.5) is 10.5 Å². The second-order valence-electron chi connectivity index (χ2n) is 4.21. The summed E-state index contributed by atoms with van der Waals surface area (Å²) in [5, 5.41) is 2.87. The first kappa shape index (κ1) is 14.0. The van der Waals surface area contributed by atoms with Gasteiger partial charge in [0.1, 0.15) is 0 Å². The number of urea groups is 1. The predicted octanol–water partition coefficient (Wildman–Crippen LogP) is 3.51. The average molecular weight is 244 g/mol. The largest absolute Gasteiger partial charge is 0.322 e. The lowest BCUT2D eigenvalue weighted by Crippen LogP contribution is -2.35. The van der Waals surface area contributed by atoms with Crippen molar-refractivity contribution < 1.29 is 4.79 Å². The van der Waals surface area contributed by atoms with E-state index in [-0.39, 0.29) is 6.03 Å². The molecule has 96 valence electrons. The molecule has 1 aromatic rings. The maximum absolute atomic E-state index is 12.0. The van der Waals surface area contributed by atoms with Crippen molar-refractivity contribution >= 4 is 11.7 Å². The Balaban J connectivity index is 2.75. The van der Waals surface area contributed by atoms with Crippen molar-refractivity contribution in [3.05, 3.63) is 54.6 Å². The number of nitrogens with zero attached hydrogens (tertiary/aromatic N) is 1. The summed E-state index contributed by atoms with van der Waals surface area (Å²) in [6, 6.07) is 5.72. The topological polar surface area (TPSA) is 32.3 Å². The van der Waals surface area contributed by atoms with Gasteiger partial charge in [-0.3, -0.25) is 0 Å². The molecule has 2 amide bonds. The lowest BCUT2D eigenvalue weighted by Gasteiger charge is -2.20. The minimum absolute atomic E-state index is 0.141. The molecule has 0 aliphatic rings. The molecular weight excluding hydrogens is 224 g/mol. The molecule has 0 atom stereocenters. The number of amides is 2. The maximum Gasteiger partial charge on any atom is 0.322 e. The van der Waals surface area contributed by atoms with Gasteiger partial charge in [0, 0.05) is 18.8 Å². The van der Waals surface area contributed by atoms with Crippen molar-refractivity contribution in [2.75, 3.05) is 18.4 Å². The van der Waals surface area contributed by atoms with Crippen LogP contribution in [0, 0.1) is 13.8 Å². The number of hydrogen-bond donors (Lipinski definition) is 1. The molecule has 0 aliphatic carbocycles. The Bertz CT molecular complexity index is 442. The summed E-state index contributed by atoms with van der Waals surface area (Å²) in [4.78, 5) is 13.6. The molecule has 1 aromatic carbocycles. The van der Waals surface area contributed by atoms with Gasteiger partial charge in [-0.1, -0.05) is 18.2 Å². The summed E-state index contributed by atoms with van der Waals surface area (Å²) >= 11 is 0. The van der Waals surface area contributed by atoms with Crippen LogP contribution in [0.15, 0.2) is 43.5 Å². The van der Waals surface area contributed by atoms with E-state index in [4.69, 9.17) is 0 Å². The van der Waals surface area contributed by atoms with E-state index in [0.717, 1.165) is 11.3 Å². The van der Waals surface area contributed by atoms with Crippen LogP contribution in [0.2, 0.25) is 0 Å². The predicted molar refractivity (Wildman–Crippen MR) is 76.9 cm³/mol. The van der Waals surface area contributed by atoms with Gasteiger partial charge in [0.25, 0.3) is 0 Å². The highest BCUT2D eigenvalue weighted by molar-refractivity contribution is 5.89. The van der Waals surface area contributed by atoms with Crippen LogP contribution in [0.5, 0.6) is 0 Å². The molecule has 0 radical (unpaired) electrons. The summed E-state index contributed by atoms with van der Waals surface area (Å²) in [5.41, 5.74) is 3.18. The number of nitrogens with one attached hydrogen (secondary N) is 1. The van der Waals surface area contributed by atoms with Gasteiger partial charge in [-0.15, -0.1) is 13.2 Å². The molecular formula is C15H20N2O. The van der Waals surface area contributed by atoms with Crippen LogP contribution >= 0.6 is 0 Å². The molecule has 0 saturated carbocycles. The number of carbonyl (C=O) groups excluding carboxylic acids is 1. The molecule has 0 bridgehead atoms. The van der Waals surface area contributed by atoms with Gasteiger partial charge < -0.3 is 10.2 Å². The van der Waals surface area contributed by atoms with E-state index in [1.807, 2.05) is 32.0 Å². The summed E-state index contributed by atoms with van der Waals surface area (Å²) < 4.78 is 0. The van der Waals surface area contributed by atoms with Crippen molar-refractivity contribution in [2.24, 2.45) is 0 Å². The lowest BCUT2D eigenvalue weighted by atomic mass is 10.1. The van der Waals surface area contributed by atoms with Crippen molar-refractivity contribution in [2.45, 2.75) is 13.8 Å². The molecule has 3 heteroatoms. The molecule has 18 heavy (non-hydrogen) atoms. The Morgan fingerprint density at radius 2 is 1.83 bits per heavy atom. The fourth-order valence-corrected chi connectivity index (χ4v) is 1.57. The summed E-state index contributed by atoms with van der Waals surface area (Å²) in [6.45, 7) is 12.4. The first-order chi connectivity index (χ1) is 8.58. The molecule has 0 aliphatic heterocycles. The number of aryl methyl sites for hydroxylation is 2. The highest BCUT2D eigenvalue weighted by Crippen LogP contribution is 2.14. The number of benzene rings is 1. The third-order valence-electron chi connectivity index (χ3n) is 2.74. The Morgan fingerprint density at radius 1 is 1.22 bits per heavy atom. The van der Waals surface area contributed by atoms with Crippen LogP contribution in [-0.2, 0) is 0 Å². The van der Waals surface area contributed by atoms with E-state index in [0.29, 0.717) is 13.1 Å². The summed E-state index contributed by atoms with van der Waals surface area (Å²) in [5.74, 6) is 0. The molecule has 1 N–H and O–H groups in total. The Labute approximate surface area is 109 Å². The fourth-order valence-electron chi connectivity index (χ4n) is 1.57. The van der Waals surface area contributed by atoms with Crippen LogP contribution < -0.4 is 5.32 Å². The van der Waals surface area contributed by atoms with E-state index >= 15 is 0 Å². The van der Waals surface area contributed by atoms with Gasteiger partial charge in [0.05, 0.1) is 0 Å². The molecule has 0 saturated heterocycles. The molecule has 1 rings (SSSR count). The Hall–Kier alpha value is -2.03. The monoisotopic (exact) mass is 244 g/mol. The molecule has 0 fully saturated rings. The number of carbonyl (C=O) groups is 1. The van der Waals surface area contributed by atoms with E-state index in [1.54, 1.807) is 17.1 Å². The van der Waals surface area contributed by atoms with Crippen LogP contribution in [-0.4, -0.2) is 24.0 Å². The maximum atomic E-state index is 12.0. The molecule has 0 unspecified atom stereocenters. The lowest BCUT2D eigenvalue weighted by molar-refractivity contribution is 0.222. The minimum atomic E-state index is -0.141. The molecule has 0 aromatic heterocycles. The van der Waals surface area contributed by atoms with Crippen LogP contribution in [0.1, 0.15) is 11.1 Å². The SMILES string of the molecule is C=CCN(CC=C)C(=O)Nc1ccc(C)c(C)c1. The standard InChI is InChI=1S/C15H20N2O/c1-5-9-17(10-6-2)15(18)16-14-8-7-12(3)13(4)11-14/h5-8,11H,1-2,9-10H2,3-4H3,(H,16,18). The Kier molecular flexibility index (Phi) is 5.18. The highest BCUT2D eigenvalue weighted by atomic mass is 16.2. The van der Waals surface area contributed by atoms with Crippen LogP contribution in [0.3, 0.4) is 0 Å². The van der Waals surface area contributed by atoms with E-state index in [1.165, 1.54) is 5.56 Å². The zero-order chi connectivity index (χ0) is 13.5. The van der Waals surface area contributed by atoms with Crippen molar-refractivity contribution in [3.8, 4) is 0 Å². The van der Waals surface area contributed by atoms with Gasteiger partial charge in [0.15, 0.2) is 0 Å². The van der Waals surface area contributed by atoms with Gasteiger partial charge in [-0.2, -0.15) is 0 Å². The third-order valence-corrected chi connectivity index (χ3v) is 2.74. The van der Waals surface area contributed by atoms with E-state index < -0.39 is 0 Å². The zero-order valence-electron chi connectivity index (χ0n) is 11.1. The number of hydrogen-bond acceptors (Lipinski definition) is 1. The molecule has 0 heterocycles. The number of anilines is 1. The average Bonchev–Trinajstić information content (AvgIpc) is 2.33. The van der Waals surface area contributed by atoms with Crippen LogP contribution in [0.25, 0.3) is 0 Å². The quantitative estimate of drug-likeness (QED) is 0.790. The van der Waals surface area contributed by atoms with E-state index in [9.17, 15) is 4.79 Å². The second kappa shape index (κ2) is 6.64. The van der Waals surface area contributed by atoms with Gasteiger partial charge in [-0.05, 0) is 37.1 Å². The Morgan fingerprint density at radius 3 is 2.33 bits per heavy atom. The van der Waals surface area contributed by atoms with E-state index in [2.05, 4.69) is 18.5 Å². The normalized spacial score (nSPS) is 9.67. The molecule has 3 nitrogen and oxygen atoms in total. The van der Waals surface area contributed by atoms with Gasteiger partial charge in [0.2, 0.25) is 0 Å². The molecule has 0 spiro atoms. The van der Waals surface area contributed by atoms with Gasteiger partial charge >= 0.3 is 6.03 Å². The zero-order valence-corrected chi connectivity index (χ0v) is 11.1. The highest BCUT2D eigenvalue weighted by Gasteiger charge is 2.10.